The molecule has 0 fully saturated rings. The smallest absolute Gasteiger partial charge is 0.242 e. The maximum atomic E-state index is 13.0. The van der Waals surface area contributed by atoms with Crippen LogP contribution in [0.25, 0.3) is 11.0 Å². The van der Waals surface area contributed by atoms with Crippen molar-refractivity contribution in [1.82, 2.24) is 13.9 Å². The summed E-state index contributed by atoms with van der Waals surface area (Å²) in [5.74, 6) is 1.31. The first-order chi connectivity index (χ1) is 16.0. The van der Waals surface area contributed by atoms with E-state index in [1.54, 1.807) is 18.2 Å². The molecule has 0 aliphatic rings. The summed E-state index contributed by atoms with van der Waals surface area (Å²) in [6.07, 6.45) is 0.751. The summed E-state index contributed by atoms with van der Waals surface area (Å²) < 4.78 is 28.3. The van der Waals surface area contributed by atoms with Gasteiger partial charge in [0.2, 0.25) is 15.9 Å². The average Bonchev–Trinajstić information content (AvgIpc) is 3.14. The summed E-state index contributed by atoms with van der Waals surface area (Å²) in [7, 11) is -0.521. The lowest BCUT2D eigenvalue weighted by atomic mass is 9.92. The Labute approximate surface area is 203 Å². The van der Waals surface area contributed by atoms with Gasteiger partial charge in [-0.3, -0.25) is 4.79 Å². The molecule has 1 heterocycles. The minimum Gasteiger partial charge on any atom is -0.328 e. The quantitative estimate of drug-likeness (QED) is 0.457. The number of rotatable bonds is 9. The number of benzene rings is 2. The zero-order chi connectivity index (χ0) is 25.2. The van der Waals surface area contributed by atoms with Gasteiger partial charge in [-0.1, -0.05) is 45.9 Å². The fraction of sp³-hybridized carbons (Fsp3) is 0.462. The van der Waals surface area contributed by atoms with Crippen LogP contribution in [0, 0.1) is 0 Å². The molecule has 1 amide bonds. The average molecular weight is 485 g/mol. The predicted molar refractivity (Wildman–Crippen MR) is 138 cm³/mol. The number of para-hydroxylation sites is 1. The number of carbonyl (C=O) groups excluding carboxylic acids is 1. The molecule has 1 N–H and O–H groups in total. The van der Waals surface area contributed by atoms with Crippen molar-refractivity contribution in [1.29, 1.82) is 0 Å². The Morgan fingerprint density at radius 3 is 2.21 bits per heavy atom. The van der Waals surface area contributed by atoms with Crippen LogP contribution in [0.3, 0.4) is 0 Å². The number of nitrogens with zero attached hydrogens (tertiary/aromatic N) is 3. The maximum absolute atomic E-state index is 13.0. The number of aromatic nitrogens is 2. The summed E-state index contributed by atoms with van der Waals surface area (Å²) in [6, 6.07) is 11.2. The largest absolute Gasteiger partial charge is 0.328 e. The molecule has 184 valence electrons. The molecule has 0 saturated heterocycles. The number of anilines is 1. The topological polar surface area (TPSA) is 84.3 Å². The number of hydrogen-bond acceptors (Lipinski definition) is 4. The zero-order valence-corrected chi connectivity index (χ0v) is 22.0. The van der Waals surface area contributed by atoms with Crippen molar-refractivity contribution in [2.75, 3.05) is 19.4 Å². The van der Waals surface area contributed by atoms with Crippen LogP contribution in [0.15, 0.2) is 41.3 Å². The first-order valence-electron chi connectivity index (χ1n) is 11.8. The number of amides is 1. The standard InChI is InChI=1S/C26H36N4O3S/c1-8-30-23-13-12-19(34(32,33)29(6)7)16-22(23)27-24(30)14-15-25(31)28-26-20(17(2)3)10-9-11-21(26)18(4)5/h9-13,16-18H,8,14-15H2,1-7H3,(H,28,31). The lowest BCUT2D eigenvalue weighted by Gasteiger charge is -2.20. The third kappa shape index (κ3) is 5.18. The third-order valence-corrected chi connectivity index (χ3v) is 7.92. The van der Waals surface area contributed by atoms with Crippen LogP contribution in [0.1, 0.15) is 69.8 Å². The van der Waals surface area contributed by atoms with E-state index in [1.165, 1.54) is 18.4 Å². The van der Waals surface area contributed by atoms with E-state index in [0.29, 0.717) is 30.3 Å². The van der Waals surface area contributed by atoms with E-state index in [4.69, 9.17) is 0 Å². The van der Waals surface area contributed by atoms with Crippen molar-refractivity contribution >= 4 is 32.7 Å². The van der Waals surface area contributed by atoms with Crippen molar-refractivity contribution in [2.45, 2.75) is 70.7 Å². The summed E-state index contributed by atoms with van der Waals surface area (Å²) >= 11 is 0. The van der Waals surface area contributed by atoms with Crippen LogP contribution in [0.4, 0.5) is 5.69 Å². The van der Waals surface area contributed by atoms with Crippen LogP contribution >= 0.6 is 0 Å². The summed E-state index contributed by atoms with van der Waals surface area (Å²) in [4.78, 5) is 17.9. The van der Waals surface area contributed by atoms with Gasteiger partial charge in [-0.2, -0.15) is 0 Å². The van der Waals surface area contributed by atoms with Gasteiger partial charge in [-0.05, 0) is 48.1 Å². The van der Waals surface area contributed by atoms with Gasteiger partial charge in [0.25, 0.3) is 0 Å². The highest BCUT2D eigenvalue weighted by Gasteiger charge is 2.20. The molecule has 34 heavy (non-hydrogen) atoms. The van der Waals surface area contributed by atoms with E-state index in [1.807, 2.05) is 11.5 Å². The number of imidazole rings is 1. The minimum absolute atomic E-state index is 0.0550. The Morgan fingerprint density at radius 2 is 1.68 bits per heavy atom. The van der Waals surface area contributed by atoms with E-state index in [0.717, 1.165) is 28.2 Å². The van der Waals surface area contributed by atoms with Crippen LogP contribution < -0.4 is 5.32 Å². The lowest BCUT2D eigenvalue weighted by molar-refractivity contribution is -0.116. The summed E-state index contributed by atoms with van der Waals surface area (Å²) in [6.45, 7) is 11.2. The van der Waals surface area contributed by atoms with Crippen molar-refractivity contribution < 1.29 is 13.2 Å². The van der Waals surface area contributed by atoms with Crippen LogP contribution in [0.5, 0.6) is 0 Å². The summed E-state index contributed by atoms with van der Waals surface area (Å²) in [5, 5.41) is 3.16. The van der Waals surface area contributed by atoms with Gasteiger partial charge in [-0.15, -0.1) is 0 Å². The van der Waals surface area contributed by atoms with Crippen LogP contribution in [0.2, 0.25) is 0 Å². The second kappa shape index (κ2) is 10.3. The number of hydrogen-bond donors (Lipinski definition) is 1. The molecule has 0 atom stereocenters. The Bertz CT molecular complexity index is 1260. The molecular weight excluding hydrogens is 448 g/mol. The monoisotopic (exact) mass is 484 g/mol. The van der Waals surface area contributed by atoms with Gasteiger partial charge in [0.15, 0.2) is 0 Å². The number of nitrogens with one attached hydrogen (secondary N) is 1. The van der Waals surface area contributed by atoms with Gasteiger partial charge >= 0.3 is 0 Å². The molecule has 0 saturated carbocycles. The van der Waals surface area contributed by atoms with E-state index in [9.17, 15) is 13.2 Å². The molecule has 3 aromatic rings. The van der Waals surface area contributed by atoms with Crippen molar-refractivity contribution in [3.63, 3.8) is 0 Å². The second-order valence-electron chi connectivity index (χ2n) is 9.38. The first-order valence-corrected chi connectivity index (χ1v) is 13.3. The van der Waals surface area contributed by atoms with E-state index in [2.05, 4.69) is 56.2 Å². The molecule has 0 aliphatic carbocycles. The molecule has 0 aliphatic heterocycles. The van der Waals surface area contributed by atoms with Crippen molar-refractivity contribution in [3.05, 3.63) is 53.3 Å². The van der Waals surface area contributed by atoms with Gasteiger partial charge in [0, 0.05) is 39.2 Å². The van der Waals surface area contributed by atoms with E-state index < -0.39 is 10.0 Å². The fourth-order valence-electron chi connectivity index (χ4n) is 4.20. The van der Waals surface area contributed by atoms with Gasteiger partial charge in [-0.25, -0.2) is 17.7 Å². The van der Waals surface area contributed by atoms with Crippen LogP contribution in [-0.4, -0.2) is 42.3 Å². The number of carbonyl (C=O) groups is 1. The summed E-state index contributed by atoms with van der Waals surface area (Å²) in [5.41, 5.74) is 4.67. The molecule has 1 aromatic heterocycles. The minimum atomic E-state index is -3.54. The predicted octanol–water partition coefficient (Wildman–Crippen LogP) is 5.12. The SMILES string of the molecule is CCn1c(CCC(=O)Nc2c(C(C)C)cccc2C(C)C)nc2cc(S(=O)(=O)N(C)C)ccc21. The first kappa shape index (κ1) is 25.9. The Morgan fingerprint density at radius 1 is 1.06 bits per heavy atom. The highest BCUT2D eigenvalue weighted by molar-refractivity contribution is 7.89. The normalized spacial score (nSPS) is 12.3. The molecular formula is C26H36N4O3S. The molecule has 7 nitrogen and oxygen atoms in total. The maximum Gasteiger partial charge on any atom is 0.242 e. The Kier molecular flexibility index (Phi) is 7.83. The van der Waals surface area contributed by atoms with Crippen LogP contribution in [-0.2, 0) is 27.8 Å². The molecule has 2 aromatic carbocycles. The van der Waals surface area contributed by atoms with Gasteiger partial charge in [0.1, 0.15) is 5.82 Å². The van der Waals surface area contributed by atoms with Gasteiger partial charge in [0.05, 0.1) is 15.9 Å². The van der Waals surface area contributed by atoms with E-state index in [-0.39, 0.29) is 17.2 Å². The molecule has 0 bridgehead atoms. The third-order valence-electron chi connectivity index (χ3n) is 6.11. The zero-order valence-electron chi connectivity index (χ0n) is 21.2. The fourth-order valence-corrected chi connectivity index (χ4v) is 5.12. The Hall–Kier alpha value is -2.71. The van der Waals surface area contributed by atoms with E-state index >= 15 is 0 Å². The number of sulfonamides is 1. The lowest BCUT2D eigenvalue weighted by Crippen LogP contribution is -2.22. The highest BCUT2D eigenvalue weighted by atomic mass is 32.2. The molecule has 8 heteroatoms. The van der Waals surface area contributed by atoms with Gasteiger partial charge < -0.3 is 9.88 Å². The van der Waals surface area contributed by atoms with Crippen molar-refractivity contribution in [3.8, 4) is 0 Å². The second-order valence-corrected chi connectivity index (χ2v) is 11.5. The molecule has 0 radical (unpaired) electrons. The molecule has 0 unspecified atom stereocenters. The molecule has 0 spiro atoms. The number of aryl methyl sites for hydroxylation is 2. The Balaban J connectivity index is 1.85. The number of fused-ring (bicyclic) bond motifs is 1. The molecule has 3 rings (SSSR count). The highest BCUT2D eigenvalue weighted by Crippen LogP contribution is 2.32. The van der Waals surface area contributed by atoms with Crippen molar-refractivity contribution in [2.24, 2.45) is 0 Å².